The summed E-state index contributed by atoms with van der Waals surface area (Å²) in [5.41, 5.74) is 4.17. The summed E-state index contributed by atoms with van der Waals surface area (Å²) in [7, 11) is 1.33. The third-order valence-corrected chi connectivity index (χ3v) is 4.71. The van der Waals surface area contributed by atoms with Gasteiger partial charge < -0.3 is 10.1 Å². The lowest BCUT2D eigenvalue weighted by Gasteiger charge is -2.22. The van der Waals surface area contributed by atoms with E-state index < -0.39 is 5.92 Å². The molecule has 1 amide bonds. The van der Waals surface area contributed by atoms with Crippen molar-refractivity contribution in [3.63, 3.8) is 0 Å². The minimum atomic E-state index is -0.527. The van der Waals surface area contributed by atoms with E-state index in [2.05, 4.69) is 10.3 Å². The summed E-state index contributed by atoms with van der Waals surface area (Å²) in [5.74, 6) is -1.18. The molecule has 0 fully saturated rings. The molecule has 1 aliphatic heterocycles. The fraction of sp³-hybridized carbons (Fsp3) is 0.389. The summed E-state index contributed by atoms with van der Waals surface area (Å²) in [4.78, 5) is 29.0. The van der Waals surface area contributed by atoms with Crippen molar-refractivity contribution in [1.29, 1.82) is 0 Å². The summed E-state index contributed by atoms with van der Waals surface area (Å²) in [5, 5.41) is 3.50. The van der Waals surface area contributed by atoms with Crippen molar-refractivity contribution in [3.8, 4) is 0 Å². The van der Waals surface area contributed by atoms with Crippen molar-refractivity contribution in [1.82, 2.24) is 0 Å². The van der Waals surface area contributed by atoms with Crippen LogP contribution in [-0.2, 0) is 14.3 Å². The molecule has 0 bridgehead atoms. The molecule has 1 unspecified atom stereocenters. The lowest BCUT2D eigenvalue weighted by Crippen LogP contribution is -2.30. The molecule has 0 aromatic heterocycles. The van der Waals surface area contributed by atoms with Crippen LogP contribution in [-0.4, -0.2) is 24.7 Å². The molecule has 0 saturated carbocycles. The van der Waals surface area contributed by atoms with Crippen LogP contribution in [0.25, 0.3) is 0 Å². The number of ether oxygens (including phenoxy) is 1. The van der Waals surface area contributed by atoms with Crippen LogP contribution in [0.4, 0.5) is 5.69 Å². The van der Waals surface area contributed by atoms with Crippen molar-refractivity contribution < 1.29 is 14.3 Å². The molecule has 1 aromatic carbocycles. The SMILES string of the molecule is COC(=O)C1CC(C(=O)Nc2c(C)ccc(Cl)c2C)=C(C)N=C1C. The Morgan fingerprint density at radius 2 is 1.92 bits per heavy atom. The third kappa shape index (κ3) is 3.51. The van der Waals surface area contributed by atoms with E-state index in [-0.39, 0.29) is 18.3 Å². The number of rotatable bonds is 3. The Morgan fingerprint density at radius 3 is 2.54 bits per heavy atom. The van der Waals surface area contributed by atoms with Gasteiger partial charge in [-0.25, -0.2) is 0 Å². The third-order valence-electron chi connectivity index (χ3n) is 4.30. The maximum absolute atomic E-state index is 12.7. The maximum Gasteiger partial charge on any atom is 0.314 e. The van der Waals surface area contributed by atoms with Gasteiger partial charge in [0, 0.05) is 27.7 Å². The summed E-state index contributed by atoms with van der Waals surface area (Å²) in [6, 6.07) is 3.65. The monoisotopic (exact) mass is 348 g/mol. The first-order valence-electron chi connectivity index (χ1n) is 7.66. The summed E-state index contributed by atoms with van der Waals surface area (Å²) in [6.07, 6.45) is 0.276. The van der Waals surface area contributed by atoms with Gasteiger partial charge in [0.1, 0.15) is 0 Å². The van der Waals surface area contributed by atoms with E-state index in [1.807, 2.05) is 19.9 Å². The molecule has 0 radical (unpaired) electrons. The normalized spacial score (nSPS) is 17.4. The first-order chi connectivity index (χ1) is 11.3. The first-order valence-corrected chi connectivity index (χ1v) is 8.03. The summed E-state index contributed by atoms with van der Waals surface area (Å²) < 4.78 is 4.80. The number of nitrogens with one attached hydrogen (secondary N) is 1. The van der Waals surface area contributed by atoms with E-state index in [1.54, 1.807) is 19.9 Å². The van der Waals surface area contributed by atoms with Gasteiger partial charge in [0.2, 0.25) is 0 Å². The molecule has 6 heteroatoms. The van der Waals surface area contributed by atoms with Crippen LogP contribution >= 0.6 is 11.6 Å². The quantitative estimate of drug-likeness (QED) is 0.844. The van der Waals surface area contributed by atoms with Crippen LogP contribution in [0.5, 0.6) is 0 Å². The number of methoxy groups -OCH3 is 1. The molecule has 2 rings (SSSR count). The number of amides is 1. The highest BCUT2D eigenvalue weighted by Gasteiger charge is 2.31. The van der Waals surface area contributed by atoms with E-state index in [1.165, 1.54) is 7.11 Å². The average Bonchev–Trinajstić information content (AvgIpc) is 2.54. The zero-order valence-corrected chi connectivity index (χ0v) is 15.2. The van der Waals surface area contributed by atoms with Gasteiger partial charge in [-0.1, -0.05) is 17.7 Å². The summed E-state index contributed by atoms with van der Waals surface area (Å²) >= 11 is 6.14. The number of nitrogens with zero attached hydrogens (tertiary/aromatic N) is 1. The van der Waals surface area contributed by atoms with Crippen molar-refractivity contribution in [2.45, 2.75) is 34.1 Å². The molecule has 1 heterocycles. The second kappa shape index (κ2) is 7.18. The van der Waals surface area contributed by atoms with E-state index in [4.69, 9.17) is 16.3 Å². The number of carbonyl (C=O) groups excluding carboxylic acids is 2. The number of anilines is 1. The van der Waals surface area contributed by atoms with E-state index in [0.29, 0.717) is 27.7 Å². The van der Waals surface area contributed by atoms with Crippen molar-refractivity contribution in [2.75, 3.05) is 12.4 Å². The predicted molar refractivity (Wildman–Crippen MR) is 95.5 cm³/mol. The number of halogens is 1. The van der Waals surface area contributed by atoms with Gasteiger partial charge >= 0.3 is 5.97 Å². The zero-order valence-electron chi connectivity index (χ0n) is 14.5. The predicted octanol–water partition coefficient (Wildman–Crippen LogP) is 3.82. The Kier molecular flexibility index (Phi) is 5.44. The number of aryl methyl sites for hydroxylation is 1. The van der Waals surface area contributed by atoms with Gasteiger partial charge in [0.15, 0.2) is 0 Å². The lowest BCUT2D eigenvalue weighted by molar-refractivity contribution is -0.143. The van der Waals surface area contributed by atoms with Crippen molar-refractivity contribution >= 4 is 34.9 Å². The van der Waals surface area contributed by atoms with Crippen LogP contribution < -0.4 is 5.32 Å². The maximum atomic E-state index is 12.7. The lowest BCUT2D eigenvalue weighted by atomic mass is 9.91. The molecule has 24 heavy (non-hydrogen) atoms. The average molecular weight is 349 g/mol. The van der Waals surface area contributed by atoms with Crippen LogP contribution in [0.2, 0.25) is 5.02 Å². The number of carbonyl (C=O) groups is 2. The molecular weight excluding hydrogens is 328 g/mol. The number of aliphatic imine (C=N–C) groups is 1. The smallest absolute Gasteiger partial charge is 0.314 e. The molecule has 1 N–H and O–H groups in total. The second-order valence-corrected chi connectivity index (χ2v) is 6.32. The van der Waals surface area contributed by atoms with Crippen LogP contribution in [0.3, 0.4) is 0 Å². The van der Waals surface area contributed by atoms with Crippen LogP contribution in [0.15, 0.2) is 28.4 Å². The van der Waals surface area contributed by atoms with E-state index in [0.717, 1.165) is 11.1 Å². The van der Waals surface area contributed by atoms with Gasteiger partial charge in [-0.05, 0) is 51.3 Å². The molecule has 0 saturated heterocycles. The fourth-order valence-electron chi connectivity index (χ4n) is 2.77. The Bertz CT molecular complexity index is 766. The molecule has 1 aliphatic rings. The number of hydrogen-bond donors (Lipinski definition) is 1. The zero-order chi connectivity index (χ0) is 18.0. The fourth-order valence-corrected chi connectivity index (χ4v) is 2.92. The van der Waals surface area contributed by atoms with Crippen LogP contribution in [0, 0.1) is 19.8 Å². The number of esters is 1. The highest BCUT2D eigenvalue weighted by molar-refractivity contribution is 6.32. The van der Waals surface area contributed by atoms with Gasteiger partial charge in [0.05, 0.1) is 13.0 Å². The van der Waals surface area contributed by atoms with E-state index in [9.17, 15) is 9.59 Å². The van der Waals surface area contributed by atoms with Crippen LogP contribution in [0.1, 0.15) is 31.4 Å². The largest absolute Gasteiger partial charge is 0.469 e. The highest BCUT2D eigenvalue weighted by Crippen LogP contribution is 2.30. The molecule has 0 spiro atoms. The molecular formula is C18H21ClN2O3. The summed E-state index contributed by atoms with van der Waals surface area (Å²) in [6.45, 7) is 7.29. The number of allylic oxidation sites excluding steroid dienone is 1. The number of benzene rings is 1. The standard InChI is InChI=1S/C18H21ClN2O3/c1-9-6-7-15(19)10(2)16(9)21-17(22)13-8-14(18(23)24-5)12(4)20-11(13)3/h6-7,14H,8H2,1-5H3,(H,21,22). The molecule has 1 aromatic rings. The Hall–Kier alpha value is -2.14. The van der Waals surface area contributed by atoms with E-state index >= 15 is 0 Å². The molecule has 1 atom stereocenters. The molecule has 5 nitrogen and oxygen atoms in total. The Balaban J connectivity index is 2.32. The van der Waals surface area contributed by atoms with Gasteiger partial charge in [-0.2, -0.15) is 0 Å². The second-order valence-electron chi connectivity index (χ2n) is 5.92. The Labute approximate surface area is 146 Å². The van der Waals surface area contributed by atoms with Crippen molar-refractivity contribution in [3.05, 3.63) is 39.6 Å². The van der Waals surface area contributed by atoms with Gasteiger partial charge in [0.25, 0.3) is 5.91 Å². The first kappa shape index (κ1) is 18.2. The van der Waals surface area contributed by atoms with Gasteiger partial charge in [-0.3, -0.25) is 14.6 Å². The molecule has 0 aliphatic carbocycles. The Morgan fingerprint density at radius 1 is 1.25 bits per heavy atom. The minimum absolute atomic E-state index is 0.272. The molecule has 128 valence electrons. The number of hydrogen-bond acceptors (Lipinski definition) is 4. The van der Waals surface area contributed by atoms with Crippen molar-refractivity contribution in [2.24, 2.45) is 10.9 Å². The highest BCUT2D eigenvalue weighted by atomic mass is 35.5. The van der Waals surface area contributed by atoms with Gasteiger partial charge in [-0.15, -0.1) is 0 Å². The minimum Gasteiger partial charge on any atom is -0.469 e. The topological polar surface area (TPSA) is 67.8 Å².